The van der Waals surface area contributed by atoms with E-state index < -0.39 is 15.4 Å². The molecule has 15 heavy (non-hydrogen) atoms. The fraction of sp³-hybridized carbons (Fsp3) is 0.833. The van der Waals surface area contributed by atoms with Crippen molar-refractivity contribution in [1.82, 2.24) is 3.71 Å². The summed E-state index contributed by atoms with van der Waals surface area (Å²) >= 11 is 7.53. The molecule has 0 saturated carbocycles. The summed E-state index contributed by atoms with van der Waals surface area (Å²) in [5.74, 6) is 0. The molecule has 1 atom stereocenters. The second-order valence-corrected chi connectivity index (χ2v) is 6.01. The summed E-state index contributed by atoms with van der Waals surface area (Å²) < 4.78 is 34.1. The summed E-state index contributed by atoms with van der Waals surface area (Å²) in [5, 5.41) is -1.10. The van der Waals surface area contributed by atoms with Crippen LogP contribution in [0.2, 0.25) is 0 Å². The molecule has 0 aliphatic carbocycles. The Bertz CT molecular complexity index is 291. The van der Waals surface area contributed by atoms with Crippen LogP contribution in [-0.2, 0) is 10.1 Å². The molecule has 0 heterocycles. The molecule has 0 aliphatic rings. The van der Waals surface area contributed by atoms with Crippen LogP contribution in [0.1, 0.15) is 13.3 Å². The number of thiocarbonyl (C=S) groups is 1. The van der Waals surface area contributed by atoms with Crippen molar-refractivity contribution in [3.8, 4) is 0 Å². The van der Waals surface area contributed by atoms with Crippen LogP contribution in [0.15, 0.2) is 0 Å². The Kier molecular flexibility index (Phi) is 10.8. The monoisotopic (exact) mass is 297 g/mol. The molecule has 0 fully saturated rings. The van der Waals surface area contributed by atoms with Crippen molar-refractivity contribution in [2.24, 2.45) is 0 Å². The van der Waals surface area contributed by atoms with E-state index in [1.54, 1.807) is 23.1 Å². The van der Waals surface area contributed by atoms with Crippen LogP contribution < -0.4 is 29.6 Å². The molecule has 0 rings (SSSR count). The van der Waals surface area contributed by atoms with Gasteiger partial charge in [0.25, 0.3) is 0 Å². The van der Waals surface area contributed by atoms with Gasteiger partial charge in [0.2, 0.25) is 0 Å². The van der Waals surface area contributed by atoms with Crippen LogP contribution in [0.3, 0.4) is 0 Å². The third kappa shape index (κ3) is 6.11. The summed E-state index contributed by atoms with van der Waals surface area (Å²) in [4.78, 5) is 0.169. The molecular weight excluding hydrogens is 285 g/mol. The van der Waals surface area contributed by atoms with Crippen LogP contribution in [0, 0.1) is 0 Å². The van der Waals surface area contributed by atoms with E-state index in [2.05, 4.69) is 0 Å². The first-order chi connectivity index (χ1) is 6.38. The van der Waals surface area contributed by atoms with Gasteiger partial charge in [-0.3, -0.25) is 3.71 Å². The Morgan fingerprint density at radius 1 is 1.47 bits per heavy atom. The molecule has 9 heteroatoms. The van der Waals surface area contributed by atoms with Gasteiger partial charge in [-0.2, -0.15) is 0 Å². The van der Waals surface area contributed by atoms with Crippen molar-refractivity contribution in [2.45, 2.75) is 18.6 Å². The zero-order valence-electron chi connectivity index (χ0n) is 9.09. The minimum absolute atomic E-state index is 0. The van der Waals surface area contributed by atoms with Gasteiger partial charge in [0.1, 0.15) is 20.4 Å². The van der Waals surface area contributed by atoms with E-state index in [0.29, 0.717) is 0 Å². The molecule has 0 aromatic rings. The summed E-state index contributed by atoms with van der Waals surface area (Å²) in [6, 6.07) is 0. The maximum absolute atomic E-state index is 10.9. The Hall–Kier alpha value is 1.50. The maximum atomic E-state index is 10.9. The Labute approximate surface area is 127 Å². The first-order valence-electron chi connectivity index (χ1n) is 3.75. The van der Waals surface area contributed by atoms with E-state index in [0.717, 1.165) is 0 Å². The Morgan fingerprint density at radius 3 is 2.07 bits per heavy atom. The van der Waals surface area contributed by atoms with E-state index in [-0.39, 0.29) is 41.0 Å². The van der Waals surface area contributed by atoms with Gasteiger partial charge in [0.15, 0.2) is 0 Å². The van der Waals surface area contributed by atoms with Crippen molar-refractivity contribution in [3.63, 3.8) is 0 Å². The summed E-state index contributed by atoms with van der Waals surface area (Å²) in [6.07, 6.45) is 3.75. The molecule has 0 radical (unpaired) electrons. The molecular formula is C6H12NNaO3S4. The number of hydrogen-bond donors (Lipinski definition) is 0. The molecule has 0 saturated heterocycles. The van der Waals surface area contributed by atoms with E-state index in [4.69, 9.17) is 12.2 Å². The third-order valence-electron chi connectivity index (χ3n) is 1.51. The Morgan fingerprint density at radius 2 is 1.87 bits per heavy atom. The zero-order valence-corrected chi connectivity index (χ0v) is 14.4. The number of hydrogen-bond acceptors (Lipinski definition) is 6. The summed E-state index contributed by atoms with van der Waals surface area (Å²) in [5.41, 5.74) is 0. The predicted molar refractivity (Wildman–Crippen MR) is 65.2 cm³/mol. The van der Waals surface area contributed by atoms with Gasteiger partial charge in [0, 0.05) is 12.5 Å². The smallest absolute Gasteiger partial charge is 0.747 e. The van der Waals surface area contributed by atoms with Crippen LogP contribution >= 0.6 is 36.1 Å². The molecule has 0 aromatic carbocycles. The molecule has 1 unspecified atom stereocenters. The molecule has 0 spiro atoms. The SMILES string of the molecule is CCC(C(=S)N(SC)SC)S(=O)(=O)[O-].[Na+]. The van der Waals surface area contributed by atoms with Crippen molar-refractivity contribution in [1.29, 1.82) is 0 Å². The second kappa shape index (κ2) is 8.57. The van der Waals surface area contributed by atoms with Gasteiger partial charge in [-0.15, -0.1) is 0 Å². The fourth-order valence-corrected chi connectivity index (χ4v) is 3.95. The van der Waals surface area contributed by atoms with Crippen LogP contribution in [-0.4, -0.2) is 39.4 Å². The van der Waals surface area contributed by atoms with Gasteiger partial charge in [-0.05, 0) is 30.3 Å². The standard InChI is InChI=1S/C6H13NO3S4.Na/c1-4-5(14(8,9)10)6(11)7(12-2)13-3;/h5H,4H2,1-3H3,(H,8,9,10);/q;+1/p-1. The first kappa shape index (κ1) is 18.9. The molecule has 84 valence electrons. The molecule has 0 aromatic heterocycles. The quantitative estimate of drug-likeness (QED) is 0.265. The van der Waals surface area contributed by atoms with Gasteiger partial charge in [-0.1, -0.05) is 19.1 Å². The first-order valence-corrected chi connectivity index (χ1v) is 7.99. The largest absolute Gasteiger partial charge is 1.00 e. The van der Waals surface area contributed by atoms with Crippen molar-refractivity contribution >= 4 is 51.2 Å². The van der Waals surface area contributed by atoms with Crippen LogP contribution in [0.4, 0.5) is 0 Å². The molecule has 0 aliphatic heterocycles. The molecule has 0 amide bonds. The van der Waals surface area contributed by atoms with E-state index in [1.165, 1.54) is 23.9 Å². The van der Waals surface area contributed by atoms with Crippen molar-refractivity contribution < 1.29 is 42.5 Å². The van der Waals surface area contributed by atoms with Crippen LogP contribution in [0.5, 0.6) is 0 Å². The van der Waals surface area contributed by atoms with Gasteiger partial charge in [-0.25, -0.2) is 8.42 Å². The maximum Gasteiger partial charge on any atom is 1.00 e. The third-order valence-corrected chi connectivity index (χ3v) is 5.56. The van der Waals surface area contributed by atoms with Gasteiger partial charge < -0.3 is 4.55 Å². The minimum atomic E-state index is -4.34. The van der Waals surface area contributed by atoms with E-state index >= 15 is 0 Å². The molecule has 0 bridgehead atoms. The predicted octanol–water partition coefficient (Wildman–Crippen LogP) is -1.50. The Balaban J connectivity index is 0. The topological polar surface area (TPSA) is 60.4 Å². The van der Waals surface area contributed by atoms with Gasteiger partial charge in [0.05, 0.1) is 0 Å². The number of rotatable bonds is 5. The fourth-order valence-electron chi connectivity index (χ4n) is 0.874. The van der Waals surface area contributed by atoms with E-state index in [1.807, 2.05) is 0 Å². The van der Waals surface area contributed by atoms with Crippen molar-refractivity contribution in [2.75, 3.05) is 12.5 Å². The van der Waals surface area contributed by atoms with Gasteiger partial charge >= 0.3 is 29.6 Å². The molecule has 0 N–H and O–H groups in total. The summed E-state index contributed by atoms with van der Waals surface area (Å²) in [7, 11) is -4.34. The zero-order chi connectivity index (χ0) is 11.4. The van der Waals surface area contributed by atoms with Crippen molar-refractivity contribution in [3.05, 3.63) is 0 Å². The normalized spacial score (nSPS) is 12.8. The number of nitrogens with zero attached hydrogens (tertiary/aromatic N) is 1. The molecule has 4 nitrogen and oxygen atoms in total. The summed E-state index contributed by atoms with van der Waals surface area (Å²) in [6.45, 7) is 1.63. The van der Waals surface area contributed by atoms with E-state index in [9.17, 15) is 13.0 Å². The second-order valence-electron chi connectivity index (χ2n) is 2.35. The minimum Gasteiger partial charge on any atom is -0.747 e. The average molecular weight is 297 g/mol. The average Bonchev–Trinajstić information content (AvgIpc) is 2.05. The van der Waals surface area contributed by atoms with Crippen LogP contribution in [0.25, 0.3) is 0 Å².